The van der Waals surface area contributed by atoms with E-state index in [1.807, 2.05) is 29.2 Å². The largest absolute Gasteiger partial charge is 0.353 e. The number of hydrogen-bond acceptors (Lipinski definition) is 4. The van der Waals surface area contributed by atoms with Gasteiger partial charge < -0.3 is 15.5 Å². The number of anilines is 2. The lowest BCUT2D eigenvalue weighted by atomic mass is 10.1. The Labute approximate surface area is 147 Å². The zero-order valence-corrected chi connectivity index (χ0v) is 14.5. The molecule has 1 saturated heterocycles. The van der Waals surface area contributed by atoms with Crippen LogP contribution in [0.25, 0.3) is 0 Å². The fraction of sp³-hybridized carbons (Fsp3) is 0.368. The number of benzene rings is 1. The standard InChI is InChI=1S/C19H23FN4O/c1-13(15-5-3-6-16(11-15)23-14(2)25)22-17-8-10-24(12-17)19-18(20)7-4-9-21-19/h3-7,9,11,13,17,22H,8,10,12H2,1-2H3,(H,23,25). The van der Waals surface area contributed by atoms with Gasteiger partial charge in [-0.05, 0) is 43.2 Å². The predicted octanol–water partition coefficient (Wildman–Crippen LogP) is 3.11. The molecule has 1 aliphatic heterocycles. The predicted molar refractivity (Wildman–Crippen MR) is 97.1 cm³/mol. The number of aromatic nitrogens is 1. The highest BCUT2D eigenvalue weighted by atomic mass is 19.1. The summed E-state index contributed by atoms with van der Waals surface area (Å²) in [7, 11) is 0. The van der Waals surface area contributed by atoms with Crippen molar-refractivity contribution in [1.82, 2.24) is 10.3 Å². The van der Waals surface area contributed by atoms with Gasteiger partial charge in [-0.3, -0.25) is 4.79 Å². The molecule has 1 aromatic carbocycles. The van der Waals surface area contributed by atoms with Gasteiger partial charge in [0.05, 0.1) is 0 Å². The van der Waals surface area contributed by atoms with Crippen LogP contribution in [0.4, 0.5) is 15.9 Å². The van der Waals surface area contributed by atoms with Crippen LogP contribution in [0.3, 0.4) is 0 Å². The highest BCUT2D eigenvalue weighted by Gasteiger charge is 2.26. The van der Waals surface area contributed by atoms with Crippen molar-refractivity contribution in [1.29, 1.82) is 0 Å². The first-order chi connectivity index (χ1) is 12.0. The summed E-state index contributed by atoms with van der Waals surface area (Å²) in [6.45, 7) is 5.10. The van der Waals surface area contributed by atoms with Crippen LogP contribution in [0.1, 0.15) is 31.9 Å². The van der Waals surface area contributed by atoms with Gasteiger partial charge in [-0.2, -0.15) is 0 Å². The third-order valence-electron chi connectivity index (χ3n) is 4.42. The number of amides is 1. The summed E-state index contributed by atoms with van der Waals surface area (Å²) in [4.78, 5) is 17.3. The lowest BCUT2D eigenvalue weighted by molar-refractivity contribution is -0.114. The van der Waals surface area contributed by atoms with Gasteiger partial charge in [0.2, 0.25) is 5.91 Å². The van der Waals surface area contributed by atoms with Crippen LogP contribution >= 0.6 is 0 Å². The summed E-state index contributed by atoms with van der Waals surface area (Å²) in [6, 6.07) is 11.3. The molecule has 1 aromatic heterocycles. The van der Waals surface area contributed by atoms with Crippen molar-refractivity contribution in [2.24, 2.45) is 0 Å². The molecule has 132 valence electrons. The molecule has 0 spiro atoms. The minimum absolute atomic E-state index is 0.0819. The maximum Gasteiger partial charge on any atom is 0.221 e. The van der Waals surface area contributed by atoms with E-state index in [0.717, 1.165) is 30.8 Å². The number of carbonyl (C=O) groups excluding carboxylic acids is 1. The van der Waals surface area contributed by atoms with Gasteiger partial charge in [0.15, 0.2) is 11.6 Å². The third-order valence-corrected chi connectivity index (χ3v) is 4.42. The number of nitrogens with zero attached hydrogens (tertiary/aromatic N) is 2. The van der Waals surface area contributed by atoms with E-state index in [1.165, 1.54) is 13.0 Å². The Hall–Kier alpha value is -2.47. The fourth-order valence-corrected chi connectivity index (χ4v) is 3.24. The molecule has 0 bridgehead atoms. The zero-order valence-electron chi connectivity index (χ0n) is 14.5. The average Bonchev–Trinajstić information content (AvgIpc) is 3.03. The summed E-state index contributed by atoms with van der Waals surface area (Å²) < 4.78 is 13.9. The van der Waals surface area contributed by atoms with Crippen molar-refractivity contribution >= 4 is 17.4 Å². The SMILES string of the molecule is CC(=O)Nc1cccc(C(C)NC2CCN(c3ncccc3F)C2)c1. The van der Waals surface area contributed by atoms with Crippen molar-refractivity contribution in [2.75, 3.05) is 23.3 Å². The number of pyridine rings is 1. The summed E-state index contributed by atoms with van der Waals surface area (Å²) in [5.41, 5.74) is 1.90. The Bertz CT molecular complexity index is 752. The Kier molecular flexibility index (Phi) is 5.28. The second-order valence-corrected chi connectivity index (χ2v) is 6.44. The molecule has 3 rings (SSSR count). The zero-order chi connectivity index (χ0) is 17.8. The molecule has 6 heteroatoms. The lowest BCUT2D eigenvalue weighted by Crippen LogP contribution is -2.34. The second-order valence-electron chi connectivity index (χ2n) is 6.44. The molecule has 5 nitrogen and oxygen atoms in total. The van der Waals surface area contributed by atoms with Crippen molar-refractivity contribution in [2.45, 2.75) is 32.4 Å². The van der Waals surface area contributed by atoms with Gasteiger partial charge in [0.25, 0.3) is 0 Å². The molecule has 0 radical (unpaired) electrons. The summed E-state index contributed by atoms with van der Waals surface area (Å²) >= 11 is 0. The van der Waals surface area contributed by atoms with Crippen molar-refractivity contribution in [3.8, 4) is 0 Å². The molecule has 2 atom stereocenters. The molecular formula is C19H23FN4O. The van der Waals surface area contributed by atoms with E-state index in [-0.39, 0.29) is 23.8 Å². The molecule has 25 heavy (non-hydrogen) atoms. The second kappa shape index (κ2) is 7.61. The normalized spacial score (nSPS) is 18.2. The Morgan fingerprint density at radius 3 is 2.96 bits per heavy atom. The van der Waals surface area contributed by atoms with Crippen LogP contribution in [0.5, 0.6) is 0 Å². The first-order valence-corrected chi connectivity index (χ1v) is 8.52. The van der Waals surface area contributed by atoms with Crippen molar-refractivity contribution in [3.63, 3.8) is 0 Å². The van der Waals surface area contributed by atoms with E-state index in [0.29, 0.717) is 5.82 Å². The van der Waals surface area contributed by atoms with Gasteiger partial charge >= 0.3 is 0 Å². The van der Waals surface area contributed by atoms with E-state index >= 15 is 0 Å². The number of hydrogen-bond donors (Lipinski definition) is 2. The summed E-state index contributed by atoms with van der Waals surface area (Å²) in [5, 5.41) is 6.39. The van der Waals surface area contributed by atoms with E-state index in [2.05, 4.69) is 22.5 Å². The first-order valence-electron chi connectivity index (χ1n) is 8.52. The Balaban J connectivity index is 1.61. The van der Waals surface area contributed by atoms with Gasteiger partial charge in [0, 0.05) is 44.0 Å². The van der Waals surface area contributed by atoms with Crippen LogP contribution < -0.4 is 15.5 Å². The van der Waals surface area contributed by atoms with Crippen LogP contribution in [-0.4, -0.2) is 30.0 Å². The average molecular weight is 342 g/mol. The molecular weight excluding hydrogens is 319 g/mol. The van der Waals surface area contributed by atoms with E-state index in [1.54, 1.807) is 12.3 Å². The van der Waals surface area contributed by atoms with Crippen LogP contribution in [-0.2, 0) is 4.79 Å². The molecule has 1 aliphatic rings. The first kappa shape index (κ1) is 17.4. The lowest BCUT2D eigenvalue weighted by Gasteiger charge is -2.22. The van der Waals surface area contributed by atoms with Gasteiger partial charge in [-0.25, -0.2) is 9.37 Å². The maximum atomic E-state index is 13.9. The number of carbonyl (C=O) groups is 1. The van der Waals surface area contributed by atoms with Crippen molar-refractivity contribution < 1.29 is 9.18 Å². The van der Waals surface area contributed by atoms with E-state index in [4.69, 9.17) is 0 Å². The molecule has 0 saturated carbocycles. The molecule has 0 aliphatic carbocycles. The van der Waals surface area contributed by atoms with Gasteiger partial charge in [-0.15, -0.1) is 0 Å². The molecule has 2 aromatic rings. The highest BCUT2D eigenvalue weighted by molar-refractivity contribution is 5.88. The van der Waals surface area contributed by atoms with Gasteiger partial charge in [-0.1, -0.05) is 12.1 Å². The Morgan fingerprint density at radius 1 is 1.36 bits per heavy atom. The summed E-state index contributed by atoms with van der Waals surface area (Å²) in [5.74, 6) is 0.0629. The third kappa shape index (κ3) is 4.33. The molecule has 2 N–H and O–H groups in total. The molecule has 1 amide bonds. The molecule has 1 fully saturated rings. The number of nitrogens with one attached hydrogen (secondary N) is 2. The van der Waals surface area contributed by atoms with E-state index < -0.39 is 0 Å². The quantitative estimate of drug-likeness (QED) is 0.877. The minimum Gasteiger partial charge on any atom is -0.353 e. The smallest absolute Gasteiger partial charge is 0.221 e. The van der Waals surface area contributed by atoms with Crippen LogP contribution in [0.15, 0.2) is 42.6 Å². The van der Waals surface area contributed by atoms with Crippen molar-refractivity contribution in [3.05, 3.63) is 54.0 Å². The van der Waals surface area contributed by atoms with Crippen LogP contribution in [0.2, 0.25) is 0 Å². The topological polar surface area (TPSA) is 57.3 Å². The van der Waals surface area contributed by atoms with E-state index in [9.17, 15) is 9.18 Å². The molecule has 2 unspecified atom stereocenters. The Morgan fingerprint density at radius 2 is 2.20 bits per heavy atom. The van der Waals surface area contributed by atoms with Crippen LogP contribution in [0, 0.1) is 5.82 Å². The number of rotatable bonds is 5. The number of halogens is 1. The molecule has 2 heterocycles. The fourth-order valence-electron chi connectivity index (χ4n) is 3.24. The highest BCUT2D eigenvalue weighted by Crippen LogP contribution is 2.23. The minimum atomic E-state index is -0.279. The van der Waals surface area contributed by atoms with Gasteiger partial charge in [0.1, 0.15) is 0 Å². The summed E-state index contributed by atoms with van der Waals surface area (Å²) in [6.07, 6.45) is 2.56. The maximum absolute atomic E-state index is 13.9. The monoisotopic (exact) mass is 342 g/mol.